The van der Waals surface area contributed by atoms with Gasteiger partial charge in [-0.15, -0.1) is 0 Å². The maximum absolute atomic E-state index is 6.44. The molecule has 272 valence electrons. The minimum atomic E-state index is -0.147. The first kappa shape index (κ1) is 33.4. The van der Waals surface area contributed by atoms with E-state index in [4.69, 9.17) is 4.42 Å². The maximum atomic E-state index is 6.44. The number of fused-ring (bicyclic) bond motifs is 7. The minimum absolute atomic E-state index is 0.147. The molecule has 8 aromatic carbocycles. The lowest BCUT2D eigenvalue weighted by Crippen LogP contribution is -2.17. The fourth-order valence-corrected chi connectivity index (χ4v) is 9.32. The zero-order valence-corrected chi connectivity index (χ0v) is 32.1. The topological polar surface area (TPSA) is 16.4 Å². The fourth-order valence-electron chi connectivity index (χ4n) is 9.32. The summed E-state index contributed by atoms with van der Waals surface area (Å²) in [4.78, 5) is 2.40. The van der Waals surface area contributed by atoms with Gasteiger partial charge in [-0.2, -0.15) is 0 Å². The van der Waals surface area contributed by atoms with Crippen LogP contribution < -0.4 is 4.90 Å². The van der Waals surface area contributed by atoms with Gasteiger partial charge in [-0.05, 0) is 110 Å². The van der Waals surface area contributed by atoms with Crippen molar-refractivity contribution in [3.63, 3.8) is 0 Å². The lowest BCUT2D eigenvalue weighted by molar-refractivity contribution is 0.658. The molecular formula is C55H41NO. The average Bonchev–Trinajstić information content (AvgIpc) is 3.76. The number of hydrogen-bond donors (Lipinski definition) is 0. The molecule has 2 nitrogen and oxygen atoms in total. The van der Waals surface area contributed by atoms with Crippen LogP contribution in [0.2, 0.25) is 0 Å². The summed E-state index contributed by atoms with van der Waals surface area (Å²) in [5, 5.41) is 4.79. The number of allylic oxidation sites excluding steroid dienone is 4. The van der Waals surface area contributed by atoms with Crippen LogP contribution in [0.1, 0.15) is 42.9 Å². The van der Waals surface area contributed by atoms with Gasteiger partial charge in [-0.25, -0.2) is 0 Å². The van der Waals surface area contributed by atoms with E-state index in [1.807, 2.05) is 12.1 Å². The molecule has 11 rings (SSSR count). The van der Waals surface area contributed by atoms with Crippen LogP contribution in [0.25, 0.3) is 66.1 Å². The fraction of sp³-hybridized carbons (Fsp3) is 0.0909. The third kappa shape index (κ3) is 5.55. The highest BCUT2D eigenvalue weighted by atomic mass is 16.3. The number of rotatable bonds is 6. The van der Waals surface area contributed by atoms with Crippen LogP contribution in [0.3, 0.4) is 0 Å². The van der Waals surface area contributed by atoms with Crippen molar-refractivity contribution in [3.05, 3.63) is 211 Å². The first-order valence-corrected chi connectivity index (χ1v) is 20.0. The van der Waals surface area contributed by atoms with Gasteiger partial charge in [0.1, 0.15) is 11.2 Å². The molecule has 2 aliphatic carbocycles. The van der Waals surface area contributed by atoms with Crippen molar-refractivity contribution in [2.75, 3.05) is 4.90 Å². The van der Waals surface area contributed by atoms with Crippen LogP contribution in [0.5, 0.6) is 0 Å². The quantitative estimate of drug-likeness (QED) is 0.169. The van der Waals surface area contributed by atoms with Crippen molar-refractivity contribution in [2.24, 2.45) is 0 Å². The van der Waals surface area contributed by atoms with Crippen LogP contribution >= 0.6 is 0 Å². The minimum Gasteiger partial charge on any atom is -0.455 e. The number of anilines is 3. The number of furan rings is 1. The van der Waals surface area contributed by atoms with E-state index in [9.17, 15) is 0 Å². The molecule has 1 heterocycles. The van der Waals surface area contributed by atoms with Gasteiger partial charge in [0.25, 0.3) is 0 Å². The molecule has 0 aliphatic heterocycles. The maximum Gasteiger partial charge on any atom is 0.143 e. The third-order valence-corrected chi connectivity index (χ3v) is 12.4. The standard InChI is InChI=1S/C55H41NO/c1-55(2)51-34-42(36-11-4-3-5-12-36)25-31-47(51)48-32-30-45(35-52(48)55)56(43-26-21-38(22-27-43)41-20-19-37-13-6-7-14-40(37)33-41)44-28-23-39(24-29-44)46-16-10-17-50-49-15-8-9-18-53(49)57-54(46)50/h3-11,13-36H,12H2,1-2H3. The molecule has 0 radical (unpaired) electrons. The zero-order chi connectivity index (χ0) is 38.1. The van der Waals surface area contributed by atoms with Crippen molar-refractivity contribution in [1.29, 1.82) is 0 Å². The lowest BCUT2D eigenvalue weighted by atomic mass is 9.80. The van der Waals surface area contributed by atoms with Gasteiger partial charge in [0.2, 0.25) is 0 Å². The van der Waals surface area contributed by atoms with E-state index in [0.29, 0.717) is 5.92 Å². The molecule has 2 aliphatic rings. The molecule has 2 heteroatoms. The van der Waals surface area contributed by atoms with Gasteiger partial charge in [-0.3, -0.25) is 0 Å². The van der Waals surface area contributed by atoms with Crippen LogP contribution in [0, 0.1) is 0 Å². The summed E-state index contributed by atoms with van der Waals surface area (Å²) in [6.45, 7) is 4.77. The molecular weight excluding hydrogens is 691 g/mol. The SMILES string of the molecule is CC1(C)c2cc(C3C=CC=CC3)ccc2-c2ccc(N(c3ccc(-c4ccc5ccccc5c4)cc3)c3ccc(-c4cccc5c4oc4ccccc45)cc3)cc21. The number of para-hydroxylation sites is 2. The molecule has 0 bridgehead atoms. The van der Waals surface area contributed by atoms with Crippen molar-refractivity contribution in [3.8, 4) is 33.4 Å². The van der Waals surface area contributed by atoms with E-state index < -0.39 is 0 Å². The summed E-state index contributed by atoms with van der Waals surface area (Å²) in [7, 11) is 0. The Morgan fingerprint density at radius 3 is 1.96 bits per heavy atom. The summed E-state index contributed by atoms with van der Waals surface area (Å²) in [5.74, 6) is 0.422. The second-order valence-electron chi connectivity index (χ2n) is 16.1. The van der Waals surface area contributed by atoms with Crippen LogP contribution in [-0.4, -0.2) is 0 Å². The zero-order valence-electron chi connectivity index (χ0n) is 32.1. The molecule has 57 heavy (non-hydrogen) atoms. The van der Waals surface area contributed by atoms with E-state index in [1.54, 1.807) is 0 Å². The van der Waals surface area contributed by atoms with Gasteiger partial charge in [0.15, 0.2) is 0 Å². The first-order valence-electron chi connectivity index (χ1n) is 20.0. The van der Waals surface area contributed by atoms with E-state index >= 15 is 0 Å². The Kier molecular flexibility index (Phi) is 7.69. The Morgan fingerprint density at radius 2 is 1.18 bits per heavy atom. The third-order valence-electron chi connectivity index (χ3n) is 12.4. The molecule has 0 fully saturated rings. The Balaban J connectivity index is 1.00. The molecule has 1 atom stereocenters. The molecule has 1 aromatic heterocycles. The van der Waals surface area contributed by atoms with Crippen molar-refractivity contribution < 1.29 is 4.42 Å². The molecule has 0 amide bonds. The van der Waals surface area contributed by atoms with E-state index in [2.05, 4.69) is 201 Å². The highest BCUT2D eigenvalue weighted by molar-refractivity contribution is 6.09. The van der Waals surface area contributed by atoms with Crippen molar-refractivity contribution in [1.82, 2.24) is 0 Å². The molecule has 1 unspecified atom stereocenters. The number of hydrogen-bond acceptors (Lipinski definition) is 2. The molecule has 9 aromatic rings. The summed E-state index contributed by atoms with van der Waals surface area (Å²) < 4.78 is 6.44. The van der Waals surface area contributed by atoms with Gasteiger partial charge in [0.05, 0.1) is 0 Å². The molecule has 0 saturated heterocycles. The van der Waals surface area contributed by atoms with E-state index in [1.165, 1.54) is 49.7 Å². The Hall–Kier alpha value is -6.90. The molecule has 0 N–H and O–H groups in total. The molecule has 0 spiro atoms. The van der Waals surface area contributed by atoms with Gasteiger partial charge in [0, 0.05) is 44.7 Å². The highest BCUT2D eigenvalue weighted by Gasteiger charge is 2.36. The highest BCUT2D eigenvalue weighted by Crippen LogP contribution is 2.52. The monoisotopic (exact) mass is 731 g/mol. The van der Waals surface area contributed by atoms with Crippen LogP contribution in [-0.2, 0) is 5.41 Å². The van der Waals surface area contributed by atoms with Crippen molar-refractivity contribution in [2.45, 2.75) is 31.6 Å². The largest absolute Gasteiger partial charge is 0.455 e. The lowest BCUT2D eigenvalue weighted by Gasteiger charge is -2.28. The van der Waals surface area contributed by atoms with E-state index in [-0.39, 0.29) is 5.41 Å². The average molecular weight is 732 g/mol. The van der Waals surface area contributed by atoms with Crippen LogP contribution in [0.15, 0.2) is 199 Å². The summed E-state index contributed by atoms with van der Waals surface area (Å²) in [6.07, 6.45) is 10.00. The predicted molar refractivity (Wildman–Crippen MR) is 240 cm³/mol. The Morgan fingerprint density at radius 1 is 0.509 bits per heavy atom. The normalized spacial score (nSPS) is 15.3. The van der Waals surface area contributed by atoms with Gasteiger partial charge in [-0.1, -0.05) is 159 Å². The summed E-state index contributed by atoms with van der Waals surface area (Å²) in [5.41, 5.74) is 16.5. The Labute approximate surface area is 333 Å². The summed E-state index contributed by atoms with van der Waals surface area (Å²) >= 11 is 0. The van der Waals surface area contributed by atoms with Crippen LogP contribution in [0.4, 0.5) is 17.1 Å². The van der Waals surface area contributed by atoms with Gasteiger partial charge >= 0.3 is 0 Å². The summed E-state index contributed by atoms with van der Waals surface area (Å²) in [6, 6.07) is 62.3. The first-order chi connectivity index (χ1) is 28.0. The van der Waals surface area contributed by atoms with E-state index in [0.717, 1.165) is 56.5 Å². The second kappa shape index (κ2) is 13.1. The Bertz CT molecular complexity index is 3070. The number of nitrogens with zero attached hydrogens (tertiary/aromatic N) is 1. The van der Waals surface area contributed by atoms with Gasteiger partial charge < -0.3 is 9.32 Å². The number of benzene rings is 8. The molecule has 0 saturated carbocycles. The predicted octanol–water partition coefficient (Wildman–Crippen LogP) is 15.4. The smallest absolute Gasteiger partial charge is 0.143 e. The second-order valence-corrected chi connectivity index (χ2v) is 16.1. The van der Waals surface area contributed by atoms with Crippen molar-refractivity contribution >= 4 is 49.8 Å².